The van der Waals surface area contributed by atoms with Crippen LogP contribution < -0.4 is 20.7 Å². The molecular formula is C28H32Cl2N4O6. The number of carbonyl (C=O) groups excluding carboxylic acids is 4. The summed E-state index contributed by atoms with van der Waals surface area (Å²) in [6.45, 7) is 5.17. The van der Waals surface area contributed by atoms with E-state index in [1.165, 1.54) is 11.8 Å². The van der Waals surface area contributed by atoms with Gasteiger partial charge in [-0.25, -0.2) is 0 Å². The largest absolute Gasteiger partial charge is 0.491 e. The first-order valence-corrected chi connectivity index (χ1v) is 13.8. The summed E-state index contributed by atoms with van der Waals surface area (Å²) in [6, 6.07) is 7.30. The van der Waals surface area contributed by atoms with Crippen LogP contribution in [0.15, 0.2) is 36.4 Å². The standard InChI is InChI=1S/C28H32Cl2N4O6/c1-14(2)24-27(38)32-15(3)28(39)34-13-18(35)12-22(34)26(37)31-8-9-40-23-7-5-16(10-19(23)25(36)33-24)17-4-6-20(29)21(30)11-17/h4-7,10-11,14-15,18,22,24,35H,8-9,12-13H2,1-3H3,(H,31,37)(H,32,38)(H,33,36)/t15-,18+,22+,24+/m1/s1. The lowest BCUT2D eigenvalue weighted by molar-refractivity contribution is -0.141. The molecule has 0 aliphatic carbocycles. The van der Waals surface area contributed by atoms with Gasteiger partial charge in [0.2, 0.25) is 17.7 Å². The van der Waals surface area contributed by atoms with Gasteiger partial charge in [-0.3, -0.25) is 19.2 Å². The Morgan fingerprint density at radius 2 is 1.68 bits per heavy atom. The lowest BCUT2D eigenvalue weighted by atomic mass is 10.00. The number of carbonyl (C=O) groups is 4. The molecule has 12 heteroatoms. The maximum atomic E-state index is 13.6. The molecule has 2 heterocycles. The number of hydrogen-bond donors (Lipinski definition) is 4. The van der Waals surface area contributed by atoms with E-state index in [1.807, 2.05) is 0 Å². The number of ether oxygens (including phenoxy) is 1. The predicted molar refractivity (Wildman–Crippen MR) is 150 cm³/mol. The molecule has 2 aliphatic heterocycles. The van der Waals surface area contributed by atoms with Crippen molar-refractivity contribution >= 4 is 46.8 Å². The van der Waals surface area contributed by atoms with Crippen LogP contribution in [-0.2, 0) is 14.4 Å². The summed E-state index contributed by atoms with van der Waals surface area (Å²) in [4.78, 5) is 54.2. The molecule has 2 aliphatic rings. The van der Waals surface area contributed by atoms with Crippen LogP contribution in [0.3, 0.4) is 0 Å². The Kier molecular flexibility index (Phi) is 9.22. The van der Waals surface area contributed by atoms with E-state index < -0.39 is 47.9 Å². The molecule has 2 aromatic carbocycles. The Morgan fingerprint density at radius 3 is 2.38 bits per heavy atom. The van der Waals surface area contributed by atoms with Crippen LogP contribution in [-0.4, -0.2) is 77.6 Å². The van der Waals surface area contributed by atoms with Gasteiger partial charge in [0.25, 0.3) is 5.91 Å². The van der Waals surface area contributed by atoms with Crippen LogP contribution in [0, 0.1) is 5.92 Å². The first-order chi connectivity index (χ1) is 19.0. The molecule has 0 aromatic heterocycles. The van der Waals surface area contributed by atoms with Gasteiger partial charge in [0, 0.05) is 13.0 Å². The second kappa shape index (κ2) is 12.4. The topological polar surface area (TPSA) is 137 Å². The molecule has 1 fully saturated rings. The number of aliphatic hydroxyl groups is 1. The molecule has 0 spiro atoms. The van der Waals surface area contributed by atoms with E-state index >= 15 is 0 Å². The van der Waals surface area contributed by atoms with Crippen molar-refractivity contribution in [1.29, 1.82) is 0 Å². The third-order valence-corrected chi connectivity index (χ3v) is 7.70. The molecule has 40 heavy (non-hydrogen) atoms. The van der Waals surface area contributed by atoms with Gasteiger partial charge < -0.3 is 30.7 Å². The van der Waals surface area contributed by atoms with Crippen molar-refractivity contribution in [3.8, 4) is 16.9 Å². The minimum atomic E-state index is -0.990. The van der Waals surface area contributed by atoms with Crippen LogP contribution in [0.1, 0.15) is 37.6 Å². The molecule has 1 saturated heterocycles. The number of aliphatic hydroxyl groups excluding tert-OH is 1. The maximum absolute atomic E-state index is 13.6. The number of halogens is 2. The van der Waals surface area contributed by atoms with E-state index in [2.05, 4.69) is 16.0 Å². The van der Waals surface area contributed by atoms with Gasteiger partial charge in [0.1, 0.15) is 30.5 Å². The minimum absolute atomic E-state index is 0.0213. The number of benzene rings is 2. The van der Waals surface area contributed by atoms with Gasteiger partial charge in [0.05, 0.1) is 28.3 Å². The Morgan fingerprint density at radius 1 is 0.975 bits per heavy atom. The number of amides is 4. The zero-order valence-corrected chi connectivity index (χ0v) is 23.9. The van der Waals surface area contributed by atoms with E-state index in [0.717, 1.165) is 5.56 Å². The molecule has 4 atom stereocenters. The molecule has 4 rings (SSSR count). The first kappa shape index (κ1) is 29.6. The Hall–Kier alpha value is -3.34. The summed E-state index contributed by atoms with van der Waals surface area (Å²) in [5.74, 6) is -2.11. The molecule has 0 saturated carbocycles. The van der Waals surface area contributed by atoms with Crippen molar-refractivity contribution in [2.75, 3.05) is 19.7 Å². The van der Waals surface area contributed by atoms with Crippen molar-refractivity contribution in [3.63, 3.8) is 0 Å². The average Bonchev–Trinajstić information content (AvgIpc) is 3.31. The lowest BCUT2D eigenvalue weighted by Crippen LogP contribution is -2.57. The summed E-state index contributed by atoms with van der Waals surface area (Å²) >= 11 is 12.3. The van der Waals surface area contributed by atoms with E-state index in [0.29, 0.717) is 15.6 Å². The fourth-order valence-corrected chi connectivity index (χ4v) is 5.11. The summed E-state index contributed by atoms with van der Waals surface area (Å²) < 4.78 is 5.88. The molecule has 4 N–H and O–H groups in total. The lowest BCUT2D eigenvalue weighted by Gasteiger charge is -2.29. The molecule has 10 nitrogen and oxygen atoms in total. The van der Waals surface area contributed by atoms with Crippen LogP contribution in [0.4, 0.5) is 0 Å². The van der Waals surface area contributed by atoms with Crippen molar-refractivity contribution in [1.82, 2.24) is 20.9 Å². The SMILES string of the molecule is CC(C)[C@@H]1NC(=O)c2cc(-c3ccc(Cl)c(Cl)c3)ccc2OCCNC(=O)[C@@H]2C[C@H](O)CN2C(=O)[C@@H](C)NC1=O. The van der Waals surface area contributed by atoms with E-state index in [1.54, 1.807) is 50.2 Å². The van der Waals surface area contributed by atoms with Crippen molar-refractivity contribution in [2.45, 2.75) is 51.4 Å². The van der Waals surface area contributed by atoms with Crippen LogP contribution >= 0.6 is 23.2 Å². The second-order valence-electron chi connectivity index (χ2n) is 10.3. The predicted octanol–water partition coefficient (Wildman–Crippen LogP) is 2.39. The number of rotatable bonds is 2. The molecule has 0 radical (unpaired) electrons. The number of nitrogens with one attached hydrogen (secondary N) is 3. The van der Waals surface area contributed by atoms with E-state index in [9.17, 15) is 24.3 Å². The Bertz CT molecular complexity index is 1320. The van der Waals surface area contributed by atoms with Gasteiger partial charge in [-0.2, -0.15) is 0 Å². The van der Waals surface area contributed by atoms with Crippen molar-refractivity contribution < 1.29 is 29.0 Å². The molecule has 2 aromatic rings. The highest BCUT2D eigenvalue weighted by Crippen LogP contribution is 2.31. The van der Waals surface area contributed by atoms with E-state index in [-0.39, 0.29) is 43.3 Å². The van der Waals surface area contributed by atoms with Gasteiger partial charge in [-0.15, -0.1) is 0 Å². The summed E-state index contributed by atoms with van der Waals surface area (Å²) in [6.07, 6.45) is -0.773. The monoisotopic (exact) mass is 590 g/mol. The van der Waals surface area contributed by atoms with Gasteiger partial charge in [-0.1, -0.05) is 49.2 Å². The van der Waals surface area contributed by atoms with Crippen LogP contribution in [0.25, 0.3) is 11.1 Å². The second-order valence-corrected chi connectivity index (χ2v) is 11.1. The third-order valence-electron chi connectivity index (χ3n) is 6.97. The fraction of sp³-hybridized carbons (Fsp3) is 0.429. The van der Waals surface area contributed by atoms with E-state index in [4.69, 9.17) is 27.9 Å². The van der Waals surface area contributed by atoms with Crippen LogP contribution in [0.5, 0.6) is 5.75 Å². The molecular weight excluding hydrogens is 559 g/mol. The Balaban J connectivity index is 1.69. The maximum Gasteiger partial charge on any atom is 0.255 e. The molecule has 0 unspecified atom stereocenters. The molecule has 4 amide bonds. The summed E-state index contributed by atoms with van der Waals surface area (Å²) in [7, 11) is 0. The Labute approximate surface area is 242 Å². The fourth-order valence-electron chi connectivity index (χ4n) is 4.82. The highest BCUT2D eigenvalue weighted by atomic mass is 35.5. The van der Waals surface area contributed by atoms with Crippen molar-refractivity contribution in [2.24, 2.45) is 5.92 Å². The third kappa shape index (κ3) is 6.51. The summed E-state index contributed by atoms with van der Waals surface area (Å²) in [5.41, 5.74) is 1.57. The quantitative estimate of drug-likeness (QED) is 0.424. The number of nitrogens with zero attached hydrogens (tertiary/aromatic N) is 1. The van der Waals surface area contributed by atoms with Gasteiger partial charge in [0.15, 0.2) is 0 Å². The number of fused-ring (bicyclic) bond motifs is 2. The molecule has 214 valence electrons. The van der Waals surface area contributed by atoms with Crippen molar-refractivity contribution in [3.05, 3.63) is 52.0 Å². The average molecular weight is 591 g/mol. The van der Waals surface area contributed by atoms with Gasteiger partial charge in [-0.05, 0) is 48.2 Å². The summed E-state index contributed by atoms with van der Waals surface area (Å²) in [5, 5.41) is 19.1. The normalized spacial score (nSPS) is 24.5. The van der Waals surface area contributed by atoms with Gasteiger partial charge >= 0.3 is 0 Å². The number of hydrogen-bond acceptors (Lipinski definition) is 6. The smallest absolute Gasteiger partial charge is 0.255 e. The zero-order valence-electron chi connectivity index (χ0n) is 22.4. The minimum Gasteiger partial charge on any atom is -0.491 e. The highest BCUT2D eigenvalue weighted by Gasteiger charge is 2.41. The molecule has 0 bridgehead atoms. The first-order valence-electron chi connectivity index (χ1n) is 13.1. The highest BCUT2D eigenvalue weighted by molar-refractivity contribution is 6.42. The zero-order chi connectivity index (χ0) is 29.1. The van der Waals surface area contributed by atoms with Crippen LogP contribution in [0.2, 0.25) is 10.0 Å².